The van der Waals surface area contributed by atoms with Crippen molar-refractivity contribution in [1.29, 1.82) is 0 Å². The Morgan fingerprint density at radius 3 is 3.23 bits per heavy atom. The van der Waals surface area contributed by atoms with Crippen molar-refractivity contribution in [3.8, 4) is 0 Å². The van der Waals surface area contributed by atoms with Gasteiger partial charge in [-0.25, -0.2) is 4.68 Å². The van der Waals surface area contributed by atoms with Crippen LogP contribution in [0.2, 0.25) is 0 Å². The Morgan fingerprint density at radius 2 is 2.62 bits per heavy atom. The normalized spacial score (nSPS) is 9.62. The van der Waals surface area contributed by atoms with Gasteiger partial charge >= 0.3 is 5.97 Å². The molecule has 0 amide bonds. The standard InChI is InChI=1S/C8H11N3O2/c1-3-4-11-6-7(9-10-11)5-8(12)13-2/h3,6H,1,4-5H2,2H3. The van der Waals surface area contributed by atoms with Gasteiger partial charge in [-0.05, 0) is 0 Å². The van der Waals surface area contributed by atoms with Gasteiger partial charge in [0.1, 0.15) is 0 Å². The minimum atomic E-state index is -0.314. The lowest BCUT2D eigenvalue weighted by Gasteiger charge is -1.93. The third kappa shape index (κ3) is 2.70. The van der Waals surface area contributed by atoms with E-state index in [2.05, 4.69) is 21.6 Å². The highest BCUT2D eigenvalue weighted by Crippen LogP contribution is 1.95. The molecule has 1 heterocycles. The molecule has 0 atom stereocenters. The molecule has 0 N–H and O–H groups in total. The first kappa shape index (κ1) is 9.44. The Labute approximate surface area is 76.0 Å². The van der Waals surface area contributed by atoms with Gasteiger partial charge in [0.25, 0.3) is 0 Å². The van der Waals surface area contributed by atoms with Gasteiger partial charge in [0, 0.05) is 6.20 Å². The van der Waals surface area contributed by atoms with E-state index in [1.807, 2.05) is 0 Å². The van der Waals surface area contributed by atoms with E-state index in [4.69, 9.17) is 0 Å². The Morgan fingerprint density at radius 1 is 1.85 bits per heavy atom. The molecule has 13 heavy (non-hydrogen) atoms. The number of aromatic nitrogens is 3. The zero-order valence-corrected chi connectivity index (χ0v) is 7.43. The number of hydrogen-bond acceptors (Lipinski definition) is 4. The molecule has 1 aromatic heterocycles. The van der Waals surface area contributed by atoms with Gasteiger partial charge in [-0.15, -0.1) is 11.7 Å². The monoisotopic (exact) mass is 181 g/mol. The van der Waals surface area contributed by atoms with Crippen LogP contribution in [0.3, 0.4) is 0 Å². The van der Waals surface area contributed by atoms with E-state index in [1.165, 1.54) is 7.11 Å². The van der Waals surface area contributed by atoms with Crippen molar-refractivity contribution in [1.82, 2.24) is 15.0 Å². The lowest BCUT2D eigenvalue weighted by molar-refractivity contribution is -0.139. The largest absolute Gasteiger partial charge is 0.469 e. The predicted octanol–water partition coefficient (Wildman–Crippen LogP) is 0.180. The highest BCUT2D eigenvalue weighted by atomic mass is 16.5. The summed E-state index contributed by atoms with van der Waals surface area (Å²) in [6.45, 7) is 4.15. The molecular formula is C8H11N3O2. The number of esters is 1. The fourth-order valence-electron chi connectivity index (χ4n) is 0.861. The fraction of sp³-hybridized carbons (Fsp3) is 0.375. The minimum Gasteiger partial charge on any atom is -0.469 e. The maximum absolute atomic E-state index is 10.8. The Bertz CT molecular complexity index is 306. The van der Waals surface area contributed by atoms with Crippen molar-refractivity contribution in [3.05, 3.63) is 24.5 Å². The third-order valence-electron chi connectivity index (χ3n) is 1.46. The van der Waals surface area contributed by atoms with Crippen molar-refractivity contribution in [2.75, 3.05) is 7.11 Å². The number of methoxy groups -OCH3 is 1. The van der Waals surface area contributed by atoms with Crippen molar-refractivity contribution in [3.63, 3.8) is 0 Å². The molecule has 1 rings (SSSR count). The topological polar surface area (TPSA) is 57.0 Å². The second kappa shape index (κ2) is 4.39. The maximum Gasteiger partial charge on any atom is 0.311 e. The number of rotatable bonds is 4. The molecular weight excluding hydrogens is 170 g/mol. The Kier molecular flexibility index (Phi) is 3.19. The molecule has 0 unspecified atom stereocenters. The summed E-state index contributed by atoms with van der Waals surface area (Å²) in [6, 6.07) is 0. The van der Waals surface area contributed by atoms with Crippen LogP contribution in [-0.4, -0.2) is 28.1 Å². The number of nitrogens with zero attached hydrogens (tertiary/aromatic N) is 3. The van der Waals surface area contributed by atoms with Crippen LogP contribution in [0.1, 0.15) is 5.69 Å². The lowest BCUT2D eigenvalue weighted by Crippen LogP contribution is -2.04. The van der Waals surface area contributed by atoms with E-state index in [1.54, 1.807) is 17.0 Å². The van der Waals surface area contributed by atoms with Gasteiger partial charge in [-0.1, -0.05) is 11.3 Å². The summed E-state index contributed by atoms with van der Waals surface area (Å²) in [6.07, 6.45) is 3.56. The summed E-state index contributed by atoms with van der Waals surface area (Å²) < 4.78 is 6.09. The van der Waals surface area contributed by atoms with Crippen molar-refractivity contribution in [2.24, 2.45) is 0 Å². The third-order valence-corrected chi connectivity index (χ3v) is 1.46. The van der Waals surface area contributed by atoms with Crippen LogP contribution in [0.5, 0.6) is 0 Å². The molecule has 0 radical (unpaired) electrons. The molecule has 0 fully saturated rings. The SMILES string of the molecule is C=CCn1cc(CC(=O)OC)nn1. The highest BCUT2D eigenvalue weighted by Gasteiger charge is 2.06. The predicted molar refractivity (Wildman–Crippen MR) is 45.9 cm³/mol. The van der Waals surface area contributed by atoms with Crippen LogP contribution in [0.4, 0.5) is 0 Å². The van der Waals surface area contributed by atoms with Gasteiger partial charge in [0.15, 0.2) is 0 Å². The van der Waals surface area contributed by atoms with E-state index in [-0.39, 0.29) is 12.4 Å². The zero-order valence-electron chi connectivity index (χ0n) is 7.43. The molecule has 0 aromatic carbocycles. The summed E-state index contributed by atoms with van der Waals surface area (Å²) in [7, 11) is 1.34. The van der Waals surface area contributed by atoms with Crippen LogP contribution in [0.25, 0.3) is 0 Å². The van der Waals surface area contributed by atoms with E-state index in [0.29, 0.717) is 12.2 Å². The van der Waals surface area contributed by atoms with E-state index < -0.39 is 0 Å². The van der Waals surface area contributed by atoms with Gasteiger partial charge in [0.2, 0.25) is 0 Å². The number of carbonyl (C=O) groups excluding carboxylic acids is 1. The van der Waals surface area contributed by atoms with E-state index >= 15 is 0 Å². The average molecular weight is 181 g/mol. The number of hydrogen-bond donors (Lipinski definition) is 0. The molecule has 0 saturated carbocycles. The van der Waals surface area contributed by atoms with E-state index in [0.717, 1.165) is 0 Å². The van der Waals surface area contributed by atoms with Crippen molar-refractivity contribution >= 4 is 5.97 Å². The first-order valence-corrected chi connectivity index (χ1v) is 3.83. The Hall–Kier alpha value is -1.65. The van der Waals surface area contributed by atoms with Crippen molar-refractivity contribution < 1.29 is 9.53 Å². The van der Waals surface area contributed by atoms with Crippen molar-refractivity contribution in [2.45, 2.75) is 13.0 Å². The quantitative estimate of drug-likeness (QED) is 0.491. The molecule has 5 nitrogen and oxygen atoms in total. The summed E-state index contributed by atoms with van der Waals surface area (Å²) >= 11 is 0. The summed E-state index contributed by atoms with van der Waals surface area (Å²) in [4.78, 5) is 10.8. The molecule has 1 aromatic rings. The smallest absolute Gasteiger partial charge is 0.311 e. The number of carbonyl (C=O) groups is 1. The molecule has 0 spiro atoms. The second-order valence-corrected chi connectivity index (χ2v) is 2.47. The molecule has 5 heteroatoms. The second-order valence-electron chi connectivity index (χ2n) is 2.47. The van der Waals surface area contributed by atoms with Crippen LogP contribution < -0.4 is 0 Å². The highest BCUT2D eigenvalue weighted by molar-refractivity contribution is 5.71. The molecule has 0 aliphatic carbocycles. The van der Waals surface area contributed by atoms with Gasteiger partial charge < -0.3 is 4.74 Å². The molecule has 0 aliphatic rings. The van der Waals surface area contributed by atoms with Gasteiger partial charge in [0.05, 0.1) is 25.8 Å². The lowest BCUT2D eigenvalue weighted by atomic mass is 10.3. The molecule has 0 aliphatic heterocycles. The minimum absolute atomic E-state index is 0.160. The molecule has 70 valence electrons. The molecule has 0 bridgehead atoms. The molecule has 0 saturated heterocycles. The van der Waals surface area contributed by atoms with Crippen LogP contribution in [0, 0.1) is 0 Å². The first-order chi connectivity index (χ1) is 6.26. The van der Waals surface area contributed by atoms with Gasteiger partial charge in [-0.3, -0.25) is 4.79 Å². The van der Waals surface area contributed by atoms with Gasteiger partial charge in [-0.2, -0.15) is 0 Å². The fourth-order valence-corrected chi connectivity index (χ4v) is 0.861. The summed E-state index contributed by atoms with van der Waals surface area (Å²) in [5.41, 5.74) is 0.605. The number of allylic oxidation sites excluding steroid dienone is 1. The first-order valence-electron chi connectivity index (χ1n) is 3.83. The number of ether oxygens (including phenoxy) is 1. The maximum atomic E-state index is 10.8. The summed E-state index contributed by atoms with van der Waals surface area (Å²) in [5, 5.41) is 7.57. The summed E-state index contributed by atoms with van der Waals surface area (Å²) in [5.74, 6) is -0.314. The van der Waals surface area contributed by atoms with E-state index in [9.17, 15) is 4.79 Å². The van der Waals surface area contributed by atoms with Crippen LogP contribution in [0.15, 0.2) is 18.9 Å². The average Bonchev–Trinajstić information content (AvgIpc) is 2.53. The zero-order chi connectivity index (χ0) is 9.68. The van der Waals surface area contributed by atoms with Crippen LogP contribution >= 0.6 is 0 Å². The Balaban J connectivity index is 2.58. The van der Waals surface area contributed by atoms with Crippen LogP contribution in [-0.2, 0) is 22.5 Å².